The van der Waals surface area contributed by atoms with E-state index in [-0.39, 0.29) is 4.90 Å². The summed E-state index contributed by atoms with van der Waals surface area (Å²) in [6, 6.07) is 6.81. The summed E-state index contributed by atoms with van der Waals surface area (Å²) in [6.07, 6.45) is 0. The molecule has 2 N–H and O–H groups in total. The normalized spacial score (nSPS) is 12.5. The van der Waals surface area contributed by atoms with Crippen LogP contribution in [-0.2, 0) is 10.0 Å². The van der Waals surface area contributed by atoms with Crippen LogP contribution in [0.4, 0.5) is 5.69 Å². The fourth-order valence-electron chi connectivity index (χ4n) is 1.44. The van der Waals surface area contributed by atoms with E-state index in [0.29, 0.717) is 0 Å². The van der Waals surface area contributed by atoms with Gasteiger partial charge in [-0.25, -0.2) is 13.1 Å². The van der Waals surface area contributed by atoms with Gasteiger partial charge in [0.2, 0.25) is 10.0 Å². The van der Waals surface area contributed by atoms with Gasteiger partial charge >= 0.3 is 0 Å². The highest BCUT2D eigenvalue weighted by Gasteiger charge is 2.21. The molecule has 17 heavy (non-hydrogen) atoms. The van der Waals surface area contributed by atoms with Crippen LogP contribution >= 0.6 is 0 Å². The molecule has 0 amide bonds. The van der Waals surface area contributed by atoms with Gasteiger partial charge in [-0.05, 0) is 45.9 Å². The van der Waals surface area contributed by atoms with E-state index < -0.39 is 15.6 Å². The van der Waals surface area contributed by atoms with Crippen LogP contribution < -0.4 is 10.0 Å². The van der Waals surface area contributed by atoms with Gasteiger partial charge in [0.25, 0.3) is 0 Å². The summed E-state index contributed by atoms with van der Waals surface area (Å²) in [7, 11) is -3.45. The number of nitrogens with one attached hydrogen (secondary N) is 2. The minimum atomic E-state index is -3.45. The van der Waals surface area contributed by atoms with Crippen LogP contribution in [-0.4, -0.2) is 20.5 Å². The maximum atomic E-state index is 12.1. The second kappa shape index (κ2) is 5.06. The molecule has 0 saturated carbocycles. The minimum Gasteiger partial charge on any atom is -0.385 e. The van der Waals surface area contributed by atoms with Crippen molar-refractivity contribution >= 4 is 15.7 Å². The Hall–Kier alpha value is -1.07. The molecule has 5 heteroatoms. The van der Waals surface area contributed by atoms with E-state index in [1.807, 2.05) is 33.8 Å². The third-order valence-corrected chi connectivity index (χ3v) is 3.72. The van der Waals surface area contributed by atoms with Gasteiger partial charge < -0.3 is 5.32 Å². The standard InChI is InChI=1S/C12H20N2O2S/c1-5-13-10-7-6-8-11(9-10)17(15,16)14-12(2,3)4/h6-9,13-14H,5H2,1-4H3. The van der Waals surface area contributed by atoms with Crippen molar-refractivity contribution in [3.8, 4) is 0 Å². The third kappa shape index (κ3) is 4.36. The molecular weight excluding hydrogens is 236 g/mol. The number of hydrogen-bond acceptors (Lipinski definition) is 3. The van der Waals surface area contributed by atoms with Gasteiger partial charge in [-0.2, -0.15) is 0 Å². The van der Waals surface area contributed by atoms with Gasteiger partial charge in [0, 0.05) is 17.8 Å². The van der Waals surface area contributed by atoms with Crippen molar-refractivity contribution in [2.24, 2.45) is 0 Å². The first-order chi connectivity index (χ1) is 7.74. The van der Waals surface area contributed by atoms with Crippen molar-refractivity contribution in [2.75, 3.05) is 11.9 Å². The number of anilines is 1. The third-order valence-electron chi connectivity index (χ3n) is 1.97. The van der Waals surface area contributed by atoms with Crippen molar-refractivity contribution < 1.29 is 8.42 Å². The van der Waals surface area contributed by atoms with Crippen LogP contribution in [0, 0.1) is 0 Å². The van der Waals surface area contributed by atoms with E-state index in [4.69, 9.17) is 0 Å². The average Bonchev–Trinajstić information content (AvgIpc) is 2.15. The molecule has 0 bridgehead atoms. The van der Waals surface area contributed by atoms with E-state index in [9.17, 15) is 8.42 Å². The lowest BCUT2D eigenvalue weighted by Gasteiger charge is -2.20. The van der Waals surface area contributed by atoms with E-state index in [2.05, 4.69) is 10.0 Å². The molecule has 0 atom stereocenters. The fourth-order valence-corrected chi connectivity index (χ4v) is 2.90. The molecule has 4 nitrogen and oxygen atoms in total. The van der Waals surface area contributed by atoms with Crippen LogP contribution in [0.3, 0.4) is 0 Å². The molecule has 1 rings (SSSR count). The van der Waals surface area contributed by atoms with Gasteiger partial charge in [-0.15, -0.1) is 0 Å². The molecule has 0 aromatic heterocycles. The zero-order valence-corrected chi connectivity index (χ0v) is 11.6. The predicted molar refractivity (Wildman–Crippen MR) is 70.7 cm³/mol. The van der Waals surface area contributed by atoms with Crippen molar-refractivity contribution in [1.82, 2.24) is 4.72 Å². The Bertz CT molecular complexity index is 476. The Morgan fingerprint density at radius 2 is 1.88 bits per heavy atom. The second-order valence-corrected chi connectivity index (χ2v) is 6.60. The van der Waals surface area contributed by atoms with E-state index in [1.165, 1.54) is 0 Å². The van der Waals surface area contributed by atoms with Gasteiger partial charge in [0.1, 0.15) is 0 Å². The zero-order valence-electron chi connectivity index (χ0n) is 10.7. The predicted octanol–water partition coefficient (Wildman–Crippen LogP) is 2.20. The highest BCUT2D eigenvalue weighted by atomic mass is 32.2. The molecule has 0 fully saturated rings. The van der Waals surface area contributed by atoms with Crippen LogP contribution in [0.5, 0.6) is 0 Å². The van der Waals surface area contributed by atoms with Crippen molar-refractivity contribution in [1.29, 1.82) is 0 Å². The lowest BCUT2D eigenvalue weighted by atomic mass is 10.1. The van der Waals surface area contributed by atoms with E-state index >= 15 is 0 Å². The first kappa shape index (κ1) is 14.0. The van der Waals surface area contributed by atoms with Gasteiger partial charge in [-0.1, -0.05) is 6.07 Å². The summed E-state index contributed by atoms with van der Waals surface area (Å²) in [5.74, 6) is 0. The number of sulfonamides is 1. The van der Waals surface area contributed by atoms with E-state index in [0.717, 1.165) is 12.2 Å². The highest BCUT2D eigenvalue weighted by Crippen LogP contribution is 2.17. The average molecular weight is 256 g/mol. The molecule has 0 spiro atoms. The summed E-state index contributed by atoms with van der Waals surface area (Å²) < 4.78 is 26.8. The Morgan fingerprint density at radius 3 is 2.41 bits per heavy atom. The summed E-state index contributed by atoms with van der Waals surface area (Å²) in [5.41, 5.74) is 0.330. The SMILES string of the molecule is CCNc1cccc(S(=O)(=O)NC(C)(C)C)c1. The molecule has 0 heterocycles. The molecule has 0 aliphatic heterocycles. The van der Waals surface area contributed by atoms with Gasteiger partial charge in [0.15, 0.2) is 0 Å². The van der Waals surface area contributed by atoms with E-state index in [1.54, 1.807) is 18.2 Å². The van der Waals surface area contributed by atoms with Crippen LogP contribution in [0.15, 0.2) is 29.2 Å². The lowest BCUT2D eigenvalue weighted by Crippen LogP contribution is -2.40. The molecular formula is C12H20N2O2S. The quantitative estimate of drug-likeness (QED) is 0.868. The fraction of sp³-hybridized carbons (Fsp3) is 0.500. The molecule has 0 aliphatic carbocycles. The molecule has 96 valence electrons. The van der Waals surface area contributed by atoms with Gasteiger partial charge in [-0.3, -0.25) is 0 Å². The zero-order chi connectivity index (χ0) is 13.1. The Balaban J connectivity index is 3.03. The Kier molecular flexibility index (Phi) is 4.16. The summed E-state index contributed by atoms with van der Waals surface area (Å²) in [4.78, 5) is 0.283. The Morgan fingerprint density at radius 1 is 1.24 bits per heavy atom. The number of rotatable bonds is 4. The molecule has 0 unspecified atom stereocenters. The molecule has 0 aliphatic rings. The van der Waals surface area contributed by atoms with Crippen molar-refractivity contribution in [2.45, 2.75) is 38.1 Å². The van der Waals surface area contributed by atoms with Crippen molar-refractivity contribution in [3.63, 3.8) is 0 Å². The van der Waals surface area contributed by atoms with Crippen LogP contribution in [0.1, 0.15) is 27.7 Å². The van der Waals surface area contributed by atoms with Crippen LogP contribution in [0.2, 0.25) is 0 Å². The van der Waals surface area contributed by atoms with Crippen LogP contribution in [0.25, 0.3) is 0 Å². The number of benzene rings is 1. The lowest BCUT2D eigenvalue weighted by molar-refractivity contribution is 0.491. The second-order valence-electron chi connectivity index (χ2n) is 4.91. The molecule has 1 aromatic carbocycles. The topological polar surface area (TPSA) is 58.2 Å². The maximum Gasteiger partial charge on any atom is 0.241 e. The molecule has 0 radical (unpaired) electrons. The van der Waals surface area contributed by atoms with Gasteiger partial charge in [0.05, 0.1) is 4.90 Å². The maximum absolute atomic E-state index is 12.1. The first-order valence-corrected chi connectivity index (χ1v) is 7.11. The van der Waals surface area contributed by atoms with Crippen molar-refractivity contribution in [3.05, 3.63) is 24.3 Å². The largest absolute Gasteiger partial charge is 0.385 e. The molecule has 1 aromatic rings. The summed E-state index contributed by atoms with van der Waals surface area (Å²) in [6.45, 7) is 8.18. The first-order valence-electron chi connectivity index (χ1n) is 5.62. The number of hydrogen-bond donors (Lipinski definition) is 2. The Labute approximate surface area is 103 Å². The summed E-state index contributed by atoms with van der Waals surface area (Å²) >= 11 is 0. The minimum absolute atomic E-state index is 0.283. The molecule has 0 saturated heterocycles. The monoisotopic (exact) mass is 256 g/mol. The highest BCUT2D eigenvalue weighted by molar-refractivity contribution is 7.89. The summed E-state index contributed by atoms with van der Waals surface area (Å²) in [5, 5.41) is 3.09. The smallest absolute Gasteiger partial charge is 0.241 e.